The Labute approximate surface area is 159 Å². The summed E-state index contributed by atoms with van der Waals surface area (Å²) in [5.74, 6) is 0.694. The number of aryl methyl sites for hydroxylation is 1. The molecule has 1 aromatic carbocycles. The van der Waals surface area contributed by atoms with Crippen LogP contribution in [0.5, 0.6) is 0 Å². The van der Waals surface area contributed by atoms with Crippen molar-refractivity contribution in [3.05, 3.63) is 64.4 Å². The number of hydrogen-bond donors (Lipinski definition) is 0. The van der Waals surface area contributed by atoms with Crippen LogP contribution in [0.25, 0.3) is 0 Å². The normalized spacial score (nSPS) is 23.1. The molecule has 3 aliphatic rings. The van der Waals surface area contributed by atoms with E-state index < -0.39 is 0 Å². The number of amides is 1. The molecule has 3 fully saturated rings. The van der Waals surface area contributed by atoms with Crippen LogP contribution in [0.2, 0.25) is 5.02 Å². The van der Waals surface area contributed by atoms with Crippen LogP contribution in [-0.4, -0.2) is 46.4 Å². The van der Waals surface area contributed by atoms with E-state index in [2.05, 4.69) is 20.9 Å². The fraction of sp³-hybridized carbons (Fsp3) is 0.429. The molecule has 3 saturated heterocycles. The summed E-state index contributed by atoms with van der Waals surface area (Å²) >= 11 is 6.06. The number of carbonyl (C=O) groups is 1. The number of piperidine rings is 1. The van der Waals surface area contributed by atoms with Gasteiger partial charge >= 0.3 is 0 Å². The maximum absolute atomic E-state index is 13.2. The van der Waals surface area contributed by atoms with E-state index in [9.17, 15) is 4.79 Å². The summed E-state index contributed by atoms with van der Waals surface area (Å²) in [6.45, 7) is 5.71. The van der Waals surface area contributed by atoms with Gasteiger partial charge in [0.15, 0.2) is 0 Å². The zero-order valence-electron chi connectivity index (χ0n) is 15.1. The van der Waals surface area contributed by atoms with E-state index in [1.807, 2.05) is 43.6 Å². The number of rotatable bonds is 3. The highest BCUT2D eigenvalue weighted by Gasteiger charge is 2.37. The van der Waals surface area contributed by atoms with E-state index in [0.29, 0.717) is 10.9 Å². The molecule has 5 heteroatoms. The Morgan fingerprint density at radius 2 is 2.12 bits per heavy atom. The monoisotopic (exact) mass is 369 g/mol. The summed E-state index contributed by atoms with van der Waals surface area (Å²) < 4.78 is 0. The van der Waals surface area contributed by atoms with Crippen LogP contribution in [0.3, 0.4) is 0 Å². The number of pyridine rings is 1. The van der Waals surface area contributed by atoms with Gasteiger partial charge < -0.3 is 4.90 Å². The highest BCUT2D eigenvalue weighted by molar-refractivity contribution is 6.30. The van der Waals surface area contributed by atoms with Gasteiger partial charge in [-0.15, -0.1) is 0 Å². The average Bonchev–Trinajstić information content (AvgIpc) is 2.92. The van der Waals surface area contributed by atoms with Crippen LogP contribution in [0, 0.1) is 12.8 Å². The van der Waals surface area contributed by atoms with Crippen LogP contribution in [-0.2, 0) is 6.54 Å². The van der Waals surface area contributed by atoms with Gasteiger partial charge in [-0.25, -0.2) is 0 Å². The maximum atomic E-state index is 13.2. The second-order valence-electron chi connectivity index (χ2n) is 7.57. The molecule has 3 aliphatic heterocycles. The lowest BCUT2D eigenvalue weighted by atomic mass is 9.94. The van der Waals surface area contributed by atoms with Crippen LogP contribution in [0.15, 0.2) is 42.7 Å². The molecule has 136 valence electrons. The summed E-state index contributed by atoms with van der Waals surface area (Å²) in [6.07, 6.45) is 6.04. The van der Waals surface area contributed by atoms with Crippen LogP contribution < -0.4 is 0 Å². The fourth-order valence-electron chi connectivity index (χ4n) is 4.33. The molecule has 0 saturated carbocycles. The number of hydrogen-bond acceptors (Lipinski definition) is 3. The van der Waals surface area contributed by atoms with E-state index in [0.717, 1.165) is 43.7 Å². The predicted octanol–water partition coefficient (Wildman–Crippen LogP) is 3.78. The molecule has 0 spiro atoms. The number of carbonyl (C=O) groups excluding carboxylic acids is 1. The first-order valence-corrected chi connectivity index (χ1v) is 9.66. The molecule has 2 bridgehead atoms. The first kappa shape index (κ1) is 17.5. The Balaban J connectivity index is 1.52. The molecule has 0 N–H and O–H groups in total. The number of halogens is 1. The first-order valence-electron chi connectivity index (χ1n) is 9.28. The Bertz CT molecular complexity index is 795. The molecule has 4 nitrogen and oxygen atoms in total. The molecule has 1 amide bonds. The van der Waals surface area contributed by atoms with Crippen molar-refractivity contribution in [2.75, 3.05) is 19.6 Å². The van der Waals surface area contributed by atoms with Crippen LogP contribution >= 0.6 is 11.6 Å². The lowest BCUT2D eigenvalue weighted by molar-refractivity contribution is 0.0584. The quantitative estimate of drug-likeness (QED) is 0.826. The zero-order chi connectivity index (χ0) is 18.1. The summed E-state index contributed by atoms with van der Waals surface area (Å²) in [5, 5.41) is 0.680. The lowest BCUT2D eigenvalue weighted by Gasteiger charge is -2.36. The van der Waals surface area contributed by atoms with Gasteiger partial charge in [-0.3, -0.25) is 14.7 Å². The van der Waals surface area contributed by atoms with E-state index in [1.54, 1.807) is 0 Å². The van der Waals surface area contributed by atoms with Crippen molar-refractivity contribution in [3.8, 4) is 0 Å². The molecule has 5 rings (SSSR count). The molecule has 1 aromatic heterocycles. The van der Waals surface area contributed by atoms with Gasteiger partial charge in [0, 0.05) is 55.2 Å². The number of nitrogens with zero attached hydrogens (tertiary/aromatic N) is 3. The topological polar surface area (TPSA) is 36.4 Å². The minimum Gasteiger partial charge on any atom is -0.334 e. The Kier molecular flexibility index (Phi) is 4.96. The van der Waals surface area contributed by atoms with Crippen molar-refractivity contribution < 1.29 is 4.79 Å². The largest absolute Gasteiger partial charge is 0.334 e. The molecule has 0 unspecified atom stereocenters. The minimum absolute atomic E-state index is 0.150. The number of benzene rings is 1. The van der Waals surface area contributed by atoms with Crippen molar-refractivity contribution in [3.63, 3.8) is 0 Å². The van der Waals surface area contributed by atoms with Crippen molar-refractivity contribution in [1.82, 2.24) is 14.8 Å². The van der Waals surface area contributed by atoms with Gasteiger partial charge in [-0.2, -0.15) is 0 Å². The third-order valence-corrected chi connectivity index (χ3v) is 5.83. The molecular weight excluding hydrogens is 346 g/mol. The molecular formula is C21H24ClN3O. The van der Waals surface area contributed by atoms with Gasteiger partial charge in [0.2, 0.25) is 0 Å². The van der Waals surface area contributed by atoms with Gasteiger partial charge in [-0.05, 0) is 61.1 Å². The van der Waals surface area contributed by atoms with Crippen molar-refractivity contribution in [2.24, 2.45) is 5.92 Å². The lowest BCUT2D eigenvalue weighted by Crippen LogP contribution is -2.47. The standard InChI is InChI=1S/C21H24ClN3O/c1-15-9-18(22)5-7-20(15)21(26)25-13-17-4-6-19(25)14-24(12-17)11-16-3-2-8-23-10-16/h2-3,5,7-10,17,19H,4,6,11-14H2,1H3/t17-,19+/m0/s1. The summed E-state index contributed by atoms with van der Waals surface area (Å²) in [4.78, 5) is 22.0. The SMILES string of the molecule is Cc1cc(Cl)ccc1C(=O)N1C[C@H]2CC[C@@H]1CN(Cc1cccnc1)C2. The van der Waals surface area contributed by atoms with Gasteiger partial charge in [-0.1, -0.05) is 17.7 Å². The van der Waals surface area contributed by atoms with E-state index in [4.69, 9.17) is 11.6 Å². The van der Waals surface area contributed by atoms with Crippen molar-refractivity contribution in [2.45, 2.75) is 32.4 Å². The summed E-state index contributed by atoms with van der Waals surface area (Å²) in [6, 6.07) is 9.95. The highest BCUT2D eigenvalue weighted by Crippen LogP contribution is 2.30. The second-order valence-corrected chi connectivity index (χ2v) is 8.01. The van der Waals surface area contributed by atoms with Crippen LogP contribution in [0.1, 0.15) is 34.3 Å². The minimum atomic E-state index is 0.150. The van der Waals surface area contributed by atoms with Crippen molar-refractivity contribution >= 4 is 17.5 Å². The molecule has 0 radical (unpaired) electrons. The van der Waals surface area contributed by atoms with Gasteiger partial charge in [0.1, 0.15) is 0 Å². The molecule has 26 heavy (non-hydrogen) atoms. The number of fused-ring (bicyclic) bond motifs is 4. The summed E-state index contributed by atoms with van der Waals surface area (Å²) in [5.41, 5.74) is 2.97. The highest BCUT2D eigenvalue weighted by atomic mass is 35.5. The summed E-state index contributed by atoms with van der Waals surface area (Å²) in [7, 11) is 0. The van der Waals surface area contributed by atoms with E-state index in [1.165, 1.54) is 12.0 Å². The molecule has 0 aliphatic carbocycles. The fourth-order valence-corrected chi connectivity index (χ4v) is 4.56. The van der Waals surface area contributed by atoms with E-state index >= 15 is 0 Å². The second kappa shape index (κ2) is 7.37. The Morgan fingerprint density at radius 1 is 1.23 bits per heavy atom. The average molecular weight is 370 g/mol. The first-order chi connectivity index (χ1) is 12.6. The van der Waals surface area contributed by atoms with E-state index in [-0.39, 0.29) is 11.9 Å². The Hall–Kier alpha value is -1.91. The van der Waals surface area contributed by atoms with Crippen LogP contribution in [0.4, 0.5) is 0 Å². The Morgan fingerprint density at radius 3 is 2.88 bits per heavy atom. The maximum Gasteiger partial charge on any atom is 0.254 e. The smallest absolute Gasteiger partial charge is 0.254 e. The van der Waals surface area contributed by atoms with Gasteiger partial charge in [0.05, 0.1) is 0 Å². The third kappa shape index (κ3) is 3.62. The molecule has 2 atom stereocenters. The third-order valence-electron chi connectivity index (χ3n) is 5.60. The molecule has 4 heterocycles. The predicted molar refractivity (Wildman–Crippen MR) is 103 cm³/mol. The van der Waals surface area contributed by atoms with Gasteiger partial charge in [0.25, 0.3) is 5.91 Å². The zero-order valence-corrected chi connectivity index (χ0v) is 15.8. The van der Waals surface area contributed by atoms with Crippen molar-refractivity contribution in [1.29, 1.82) is 0 Å². The molecule has 2 aromatic rings. The number of aromatic nitrogens is 1.